The highest BCUT2D eigenvalue weighted by atomic mass is 16.3. The van der Waals surface area contributed by atoms with Gasteiger partial charge in [0.1, 0.15) is 33.4 Å². The smallest absolute Gasteiger partial charge is 0.159 e. The van der Waals surface area contributed by atoms with Crippen molar-refractivity contribution in [2.24, 2.45) is 0 Å². The SMILES string of the molecule is c1ccc2c(c1)oc1ccc(-c3ncc4c(n3)c3nc(-c5ccc6oc7ccccc7c6c5)ncc3c3c5ccccc5c5ccccc5c43)cc12. The van der Waals surface area contributed by atoms with E-state index < -0.39 is 0 Å². The molecule has 0 aliphatic carbocycles. The molecule has 0 aliphatic rings. The van der Waals surface area contributed by atoms with Crippen LogP contribution in [-0.4, -0.2) is 19.9 Å². The fourth-order valence-electron chi connectivity index (χ4n) is 8.20. The van der Waals surface area contributed by atoms with Crippen molar-refractivity contribution < 1.29 is 8.83 Å². The van der Waals surface area contributed by atoms with Gasteiger partial charge in [-0.3, -0.25) is 0 Å². The Bertz CT molecular complexity index is 3260. The van der Waals surface area contributed by atoms with E-state index in [2.05, 4.69) is 72.8 Å². The summed E-state index contributed by atoms with van der Waals surface area (Å²) in [7, 11) is 0. The van der Waals surface area contributed by atoms with Crippen LogP contribution in [-0.2, 0) is 0 Å². The van der Waals surface area contributed by atoms with E-state index in [1.165, 1.54) is 10.8 Å². The summed E-state index contributed by atoms with van der Waals surface area (Å²) in [6.45, 7) is 0. The summed E-state index contributed by atoms with van der Waals surface area (Å²) >= 11 is 0. The third kappa shape index (κ3) is 3.78. The normalized spacial score (nSPS) is 12.2. The number of rotatable bonds is 2. The highest BCUT2D eigenvalue weighted by Gasteiger charge is 2.20. The van der Waals surface area contributed by atoms with Crippen molar-refractivity contribution in [3.63, 3.8) is 0 Å². The first-order valence-electron chi connectivity index (χ1n) is 17.3. The second-order valence-electron chi connectivity index (χ2n) is 13.4. The number of furan rings is 2. The van der Waals surface area contributed by atoms with E-state index in [1.807, 2.05) is 73.1 Å². The molecule has 0 bridgehead atoms. The van der Waals surface area contributed by atoms with Gasteiger partial charge < -0.3 is 8.83 Å². The summed E-state index contributed by atoms with van der Waals surface area (Å²) in [4.78, 5) is 20.8. The molecular formula is C46H24N4O2. The lowest BCUT2D eigenvalue weighted by Gasteiger charge is -2.16. The summed E-state index contributed by atoms with van der Waals surface area (Å²) in [5.41, 5.74) is 6.76. The fourth-order valence-corrected chi connectivity index (χ4v) is 8.20. The first kappa shape index (κ1) is 27.6. The molecule has 0 aliphatic heterocycles. The minimum Gasteiger partial charge on any atom is -0.456 e. The van der Waals surface area contributed by atoms with E-state index >= 15 is 0 Å². The molecule has 6 nitrogen and oxygen atoms in total. The number of hydrogen-bond acceptors (Lipinski definition) is 6. The molecule has 0 atom stereocenters. The molecule has 0 amide bonds. The van der Waals surface area contributed by atoms with Crippen LogP contribution in [0.3, 0.4) is 0 Å². The van der Waals surface area contributed by atoms with Crippen LogP contribution in [0.15, 0.2) is 155 Å². The van der Waals surface area contributed by atoms with E-state index in [0.717, 1.165) is 98.4 Å². The number of aromatic nitrogens is 4. The zero-order chi connectivity index (χ0) is 33.9. The lowest BCUT2D eigenvalue weighted by Crippen LogP contribution is -1.97. The van der Waals surface area contributed by atoms with E-state index in [0.29, 0.717) is 11.6 Å². The van der Waals surface area contributed by atoms with Gasteiger partial charge in [-0.15, -0.1) is 0 Å². The molecule has 0 spiro atoms. The molecule has 12 rings (SSSR count). The van der Waals surface area contributed by atoms with Crippen LogP contribution in [0, 0.1) is 0 Å². The topological polar surface area (TPSA) is 77.8 Å². The van der Waals surface area contributed by atoms with Crippen molar-refractivity contribution in [1.82, 2.24) is 19.9 Å². The number of hydrogen-bond donors (Lipinski definition) is 0. The van der Waals surface area contributed by atoms with E-state index in [1.54, 1.807) is 0 Å². The van der Waals surface area contributed by atoms with Crippen LogP contribution in [0.25, 0.3) is 121 Å². The van der Waals surface area contributed by atoms with Gasteiger partial charge >= 0.3 is 0 Å². The predicted octanol–water partition coefficient (Wildman–Crippen LogP) is 12.2. The third-order valence-corrected chi connectivity index (χ3v) is 10.5. The molecule has 0 N–H and O–H groups in total. The van der Waals surface area contributed by atoms with Crippen molar-refractivity contribution in [2.75, 3.05) is 0 Å². The third-order valence-electron chi connectivity index (χ3n) is 10.5. The average molecular weight is 665 g/mol. The van der Waals surface area contributed by atoms with E-state index in [4.69, 9.17) is 28.8 Å². The molecule has 12 aromatic rings. The summed E-state index contributed by atoms with van der Waals surface area (Å²) in [6, 6.07) is 45.7. The van der Waals surface area contributed by atoms with Crippen LogP contribution in [0.1, 0.15) is 0 Å². The second kappa shape index (κ2) is 10.2. The Morgan fingerprint density at radius 3 is 1.17 bits per heavy atom. The minimum atomic E-state index is 0.622. The maximum atomic E-state index is 6.13. The maximum Gasteiger partial charge on any atom is 0.159 e. The van der Waals surface area contributed by atoms with Gasteiger partial charge in [-0.05, 0) is 70.1 Å². The fraction of sp³-hybridized carbons (Fsp3) is 0. The monoisotopic (exact) mass is 664 g/mol. The average Bonchev–Trinajstić information content (AvgIpc) is 3.78. The summed E-state index contributed by atoms with van der Waals surface area (Å²) in [6.07, 6.45) is 3.95. The van der Waals surface area contributed by atoms with E-state index in [-0.39, 0.29) is 0 Å². The van der Waals surface area contributed by atoms with Crippen molar-refractivity contribution in [3.05, 3.63) is 146 Å². The quantitative estimate of drug-likeness (QED) is 0.171. The highest BCUT2D eigenvalue weighted by Crippen LogP contribution is 2.44. The van der Waals surface area contributed by atoms with Crippen molar-refractivity contribution in [2.45, 2.75) is 0 Å². The van der Waals surface area contributed by atoms with Gasteiger partial charge in [0.25, 0.3) is 0 Å². The van der Waals surface area contributed by atoms with Gasteiger partial charge in [-0.1, -0.05) is 84.9 Å². The van der Waals surface area contributed by atoms with Crippen molar-refractivity contribution >= 4 is 98.0 Å². The molecule has 0 saturated heterocycles. The van der Waals surface area contributed by atoms with Crippen LogP contribution >= 0.6 is 0 Å². The van der Waals surface area contributed by atoms with Crippen LogP contribution in [0.2, 0.25) is 0 Å². The number of para-hydroxylation sites is 2. The Morgan fingerprint density at radius 2 is 0.712 bits per heavy atom. The van der Waals surface area contributed by atoms with Gasteiger partial charge in [0.15, 0.2) is 11.6 Å². The first-order valence-corrected chi connectivity index (χ1v) is 17.3. The van der Waals surface area contributed by atoms with Gasteiger partial charge in [0.05, 0.1) is 0 Å². The lowest BCUT2D eigenvalue weighted by molar-refractivity contribution is 0.668. The zero-order valence-electron chi connectivity index (χ0n) is 27.5. The van der Waals surface area contributed by atoms with Crippen LogP contribution in [0.4, 0.5) is 0 Å². The predicted molar refractivity (Wildman–Crippen MR) is 211 cm³/mol. The maximum absolute atomic E-state index is 6.13. The van der Waals surface area contributed by atoms with E-state index in [9.17, 15) is 0 Å². The second-order valence-corrected chi connectivity index (χ2v) is 13.4. The molecule has 240 valence electrons. The number of benzene rings is 8. The summed E-state index contributed by atoms with van der Waals surface area (Å²) in [5.74, 6) is 1.24. The Hall–Kier alpha value is -7.18. The highest BCUT2D eigenvalue weighted by molar-refractivity contribution is 6.38. The lowest BCUT2D eigenvalue weighted by atomic mass is 9.90. The van der Waals surface area contributed by atoms with Crippen molar-refractivity contribution in [3.8, 4) is 22.8 Å². The Kier molecular flexibility index (Phi) is 5.41. The number of fused-ring (bicyclic) bond motifs is 17. The number of nitrogens with zero attached hydrogens (tertiary/aromatic N) is 4. The zero-order valence-corrected chi connectivity index (χ0v) is 27.5. The molecule has 6 heteroatoms. The summed E-state index contributed by atoms with van der Waals surface area (Å²) < 4.78 is 12.3. The van der Waals surface area contributed by atoms with Gasteiger partial charge in [-0.25, -0.2) is 19.9 Å². The van der Waals surface area contributed by atoms with Crippen LogP contribution < -0.4 is 0 Å². The summed E-state index contributed by atoms with van der Waals surface area (Å²) in [5, 5.41) is 13.0. The van der Waals surface area contributed by atoms with Crippen LogP contribution in [0.5, 0.6) is 0 Å². The Balaban J connectivity index is 1.19. The molecule has 4 aromatic heterocycles. The van der Waals surface area contributed by atoms with Gasteiger partial charge in [0.2, 0.25) is 0 Å². The Labute approximate surface area is 294 Å². The molecule has 4 heterocycles. The Morgan fingerprint density at radius 1 is 0.327 bits per heavy atom. The molecule has 8 aromatic carbocycles. The molecule has 0 saturated carbocycles. The molecule has 0 fully saturated rings. The minimum absolute atomic E-state index is 0.622. The molecule has 0 radical (unpaired) electrons. The van der Waals surface area contributed by atoms with Crippen molar-refractivity contribution in [1.29, 1.82) is 0 Å². The van der Waals surface area contributed by atoms with Gasteiger partial charge in [-0.2, -0.15) is 0 Å². The first-order chi connectivity index (χ1) is 25.8. The van der Waals surface area contributed by atoms with Gasteiger partial charge in [0, 0.05) is 66.6 Å². The molecular weight excluding hydrogens is 641 g/mol. The largest absolute Gasteiger partial charge is 0.456 e. The molecule has 52 heavy (non-hydrogen) atoms. The standard InChI is InChI=1S/C46H24N4O2/c1-3-13-31-27(9-1)28-10-2-4-14-32(28)42-36-24-48-46(26-18-20-40-34(22-26)30-12-6-8-16-38(30)52-40)50-44(36)43-35(41(31)42)23-47-45(49-43)25-17-19-39-33(21-25)29-11-5-7-15-37(29)51-39/h1-24H. The molecule has 0 unspecified atom stereocenters.